The number of aromatic nitrogens is 2. The van der Waals surface area contributed by atoms with E-state index in [1.165, 1.54) is 5.69 Å². The Morgan fingerprint density at radius 2 is 2.05 bits per heavy atom. The Balaban J connectivity index is 2.12. The number of nitrogens with two attached hydrogens (primary N) is 1. The fraction of sp³-hybridized carbons (Fsp3) is 0.400. The summed E-state index contributed by atoms with van der Waals surface area (Å²) in [7, 11) is 0. The third kappa shape index (κ3) is 4.20. The lowest BCUT2D eigenvalue weighted by atomic mass is 10.0. The van der Waals surface area contributed by atoms with Gasteiger partial charge in [-0.05, 0) is 44.0 Å². The molecule has 4 nitrogen and oxygen atoms in total. The average Bonchev–Trinajstić information content (AvgIpc) is 2.80. The minimum absolute atomic E-state index is 0.0880. The number of hydrogen-bond acceptors (Lipinski definition) is 3. The number of nitrogens with one attached hydrogen (secondary N) is 1. The van der Waals surface area contributed by atoms with Gasteiger partial charge in [0, 0.05) is 34.7 Å². The molecule has 1 aromatic heterocycles. The lowest BCUT2D eigenvalue weighted by Crippen LogP contribution is -2.39. The molecule has 2 aromatic rings. The third-order valence-electron chi connectivity index (χ3n) is 3.46. The van der Waals surface area contributed by atoms with Crippen molar-refractivity contribution in [3.8, 4) is 0 Å². The zero-order chi connectivity index (χ0) is 15.4. The molecule has 1 unspecified atom stereocenters. The van der Waals surface area contributed by atoms with Gasteiger partial charge in [0.15, 0.2) is 0 Å². The molecule has 0 spiro atoms. The van der Waals surface area contributed by atoms with Gasteiger partial charge in [0.1, 0.15) is 0 Å². The lowest BCUT2D eigenvalue weighted by molar-refractivity contribution is 0.496. The van der Waals surface area contributed by atoms with Crippen LogP contribution in [0.5, 0.6) is 0 Å². The van der Waals surface area contributed by atoms with E-state index in [4.69, 9.17) is 29.0 Å². The SMILES string of the molecule is CCn1nc(C)cc1CC(Cc1ccc(Cl)cc1Cl)NN. The maximum atomic E-state index is 6.23. The standard InChI is InChI=1S/C15H20Cl2N4/c1-3-21-14(6-10(2)20-21)9-13(19-18)7-11-4-5-12(16)8-15(11)17/h4-6,8,13,19H,3,7,9,18H2,1-2H3. The van der Waals surface area contributed by atoms with E-state index in [1.807, 2.05) is 23.7 Å². The van der Waals surface area contributed by atoms with E-state index in [0.29, 0.717) is 10.0 Å². The van der Waals surface area contributed by atoms with Crippen molar-refractivity contribution in [1.29, 1.82) is 0 Å². The maximum Gasteiger partial charge on any atom is 0.0596 e. The van der Waals surface area contributed by atoms with Crippen LogP contribution in [-0.4, -0.2) is 15.8 Å². The predicted molar refractivity (Wildman–Crippen MR) is 87.6 cm³/mol. The van der Waals surface area contributed by atoms with Crippen molar-refractivity contribution in [1.82, 2.24) is 15.2 Å². The van der Waals surface area contributed by atoms with E-state index < -0.39 is 0 Å². The van der Waals surface area contributed by atoms with Crippen LogP contribution in [-0.2, 0) is 19.4 Å². The molecule has 21 heavy (non-hydrogen) atoms. The second-order valence-electron chi connectivity index (χ2n) is 5.10. The minimum Gasteiger partial charge on any atom is -0.271 e. The quantitative estimate of drug-likeness (QED) is 0.633. The van der Waals surface area contributed by atoms with Crippen LogP contribution in [0.25, 0.3) is 0 Å². The normalized spacial score (nSPS) is 12.6. The molecule has 0 aliphatic heterocycles. The monoisotopic (exact) mass is 326 g/mol. The molecule has 3 N–H and O–H groups in total. The van der Waals surface area contributed by atoms with E-state index in [0.717, 1.165) is 30.6 Å². The van der Waals surface area contributed by atoms with Gasteiger partial charge in [-0.1, -0.05) is 29.3 Å². The van der Waals surface area contributed by atoms with E-state index in [2.05, 4.69) is 23.5 Å². The molecule has 6 heteroatoms. The number of benzene rings is 1. The van der Waals surface area contributed by atoms with Gasteiger partial charge in [0.2, 0.25) is 0 Å². The molecule has 2 rings (SSSR count). The first-order valence-corrected chi connectivity index (χ1v) is 7.72. The van der Waals surface area contributed by atoms with Gasteiger partial charge in [-0.15, -0.1) is 0 Å². The number of aryl methyl sites for hydroxylation is 2. The van der Waals surface area contributed by atoms with Crippen LogP contribution in [0, 0.1) is 6.92 Å². The van der Waals surface area contributed by atoms with Crippen LogP contribution < -0.4 is 11.3 Å². The Hall–Kier alpha value is -1.07. The molecular formula is C15H20Cl2N4. The minimum atomic E-state index is 0.0880. The highest BCUT2D eigenvalue weighted by atomic mass is 35.5. The van der Waals surface area contributed by atoms with Gasteiger partial charge in [-0.3, -0.25) is 16.0 Å². The van der Waals surface area contributed by atoms with E-state index >= 15 is 0 Å². The molecule has 0 radical (unpaired) electrons. The molecule has 0 bridgehead atoms. The van der Waals surface area contributed by atoms with Crippen LogP contribution in [0.3, 0.4) is 0 Å². The Bertz CT molecular complexity index is 610. The van der Waals surface area contributed by atoms with Crippen molar-refractivity contribution in [2.75, 3.05) is 0 Å². The second-order valence-corrected chi connectivity index (χ2v) is 5.94. The smallest absolute Gasteiger partial charge is 0.0596 e. The van der Waals surface area contributed by atoms with Crippen molar-refractivity contribution in [3.05, 3.63) is 51.3 Å². The summed E-state index contributed by atoms with van der Waals surface area (Å²) in [5.74, 6) is 5.70. The molecule has 1 atom stereocenters. The first-order chi connectivity index (χ1) is 10.0. The fourth-order valence-electron chi connectivity index (χ4n) is 2.43. The summed E-state index contributed by atoms with van der Waals surface area (Å²) in [6, 6.07) is 7.72. The summed E-state index contributed by atoms with van der Waals surface area (Å²) >= 11 is 12.1. The van der Waals surface area contributed by atoms with Gasteiger partial charge < -0.3 is 0 Å². The van der Waals surface area contributed by atoms with E-state index in [-0.39, 0.29) is 6.04 Å². The van der Waals surface area contributed by atoms with Crippen LogP contribution in [0.2, 0.25) is 10.0 Å². The lowest BCUT2D eigenvalue weighted by Gasteiger charge is -2.17. The molecule has 0 saturated carbocycles. The van der Waals surface area contributed by atoms with Gasteiger partial charge in [-0.2, -0.15) is 5.10 Å². The summed E-state index contributed by atoms with van der Waals surface area (Å²) in [4.78, 5) is 0. The third-order valence-corrected chi connectivity index (χ3v) is 4.04. The van der Waals surface area contributed by atoms with Crippen LogP contribution in [0.15, 0.2) is 24.3 Å². The van der Waals surface area contributed by atoms with Crippen LogP contribution in [0.4, 0.5) is 0 Å². The number of nitrogens with zero attached hydrogens (tertiary/aromatic N) is 2. The summed E-state index contributed by atoms with van der Waals surface area (Å²) in [6.07, 6.45) is 1.53. The number of halogens is 2. The Morgan fingerprint density at radius 3 is 2.67 bits per heavy atom. The summed E-state index contributed by atoms with van der Waals surface area (Å²) in [5.41, 5.74) is 6.09. The number of rotatable bonds is 6. The van der Waals surface area contributed by atoms with Crippen molar-refractivity contribution < 1.29 is 0 Å². The molecule has 0 aliphatic rings. The molecule has 0 amide bonds. The Labute approximate surface area is 135 Å². The molecular weight excluding hydrogens is 307 g/mol. The maximum absolute atomic E-state index is 6.23. The van der Waals surface area contributed by atoms with Crippen LogP contribution in [0.1, 0.15) is 23.9 Å². The van der Waals surface area contributed by atoms with Gasteiger partial charge >= 0.3 is 0 Å². The zero-order valence-corrected chi connectivity index (χ0v) is 13.7. The van der Waals surface area contributed by atoms with Gasteiger partial charge in [0.25, 0.3) is 0 Å². The van der Waals surface area contributed by atoms with Crippen molar-refractivity contribution >= 4 is 23.2 Å². The Morgan fingerprint density at radius 1 is 1.29 bits per heavy atom. The fourth-order valence-corrected chi connectivity index (χ4v) is 2.92. The van der Waals surface area contributed by atoms with Crippen molar-refractivity contribution in [2.45, 2.75) is 39.3 Å². The molecule has 0 aliphatic carbocycles. The highest BCUT2D eigenvalue weighted by Gasteiger charge is 2.14. The number of hydrazine groups is 1. The summed E-state index contributed by atoms with van der Waals surface area (Å²) < 4.78 is 2.00. The van der Waals surface area contributed by atoms with Crippen LogP contribution >= 0.6 is 23.2 Å². The van der Waals surface area contributed by atoms with Gasteiger partial charge in [-0.25, -0.2) is 0 Å². The topological polar surface area (TPSA) is 55.9 Å². The molecule has 1 heterocycles. The van der Waals surface area contributed by atoms with E-state index in [9.17, 15) is 0 Å². The zero-order valence-electron chi connectivity index (χ0n) is 12.2. The van der Waals surface area contributed by atoms with Gasteiger partial charge in [0.05, 0.1) is 5.69 Å². The molecule has 0 fully saturated rings. The Kier molecular flexibility index (Phi) is 5.65. The highest BCUT2D eigenvalue weighted by Crippen LogP contribution is 2.22. The molecule has 1 aromatic carbocycles. The average molecular weight is 327 g/mol. The second kappa shape index (κ2) is 7.27. The molecule has 114 valence electrons. The van der Waals surface area contributed by atoms with Crippen molar-refractivity contribution in [3.63, 3.8) is 0 Å². The predicted octanol–water partition coefficient (Wildman–Crippen LogP) is 3.14. The first-order valence-electron chi connectivity index (χ1n) is 6.96. The van der Waals surface area contributed by atoms with E-state index in [1.54, 1.807) is 6.07 Å². The number of hydrogen-bond donors (Lipinski definition) is 2. The summed E-state index contributed by atoms with van der Waals surface area (Å²) in [5, 5.41) is 5.77. The summed E-state index contributed by atoms with van der Waals surface area (Å²) in [6.45, 7) is 4.93. The highest BCUT2D eigenvalue weighted by molar-refractivity contribution is 6.35. The largest absolute Gasteiger partial charge is 0.271 e. The first kappa shape index (κ1) is 16.3. The van der Waals surface area contributed by atoms with Crippen molar-refractivity contribution in [2.24, 2.45) is 5.84 Å². The molecule has 0 saturated heterocycles.